The highest BCUT2D eigenvalue weighted by molar-refractivity contribution is 5.67. The molecule has 1 aromatic carbocycles. The van der Waals surface area contributed by atoms with Gasteiger partial charge in [-0.2, -0.15) is 0 Å². The standard InChI is InChI=1S/C17H24/c1-4-5-6-7-8-15-10-9-14(3)16-11-13(2)12-17(15)16/h9-11H,4-8,12H2,1-3H3. The van der Waals surface area contributed by atoms with Crippen LogP contribution in [0.5, 0.6) is 0 Å². The molecule has 92 valence electrons. The molecule has 0 fully saturated rings. The van der Waals surface area contributed by atoms with Crippen molar-refractivity contribution >= 4 is 6.08 Å². The van der Waals surface area contributed by atoms with Crippen molar-refractivity contribution in [1.82, 2.24) is 0 Å². The fraction of sp³-hybridized carbons (Fsp3) is 0.529. The van der Waals surface area contributed by atoms with E-state index in [4.69, 9.17) is 0 Å². The first-order chi connectivity index (χ1) is 8.22. The number of rotatable bonds is 5. The molecule has 0 bridgehead atoms. The third kappa shape index (κ3) is 2.80. The Labute approximate surface area is 106 Å². The van der Waals surface area contributed by atoms with Crippen molar-refractivity contribution in [2.45, 2.75) is 59.3 Å². The maximum absolute atomic E-state index is 2.38. The molecule has 1 aliphatic carbocycles. The van der Waals surface area contributed by atoms with Crippen molar-refractivity contribution in [3.63, 3.8) is 0 Å². The van der Waals surface area contributed by atoms with Gasteiger partial charge in [0.2, 0.25) is 0 Å². The number of aryl methyl sites for hydroxylation is 2. The second-order valence-corrected chi connectivity index (χ2v) is 5.41. The Kier molecular flexibility index (Phi) is 4.04. The molecular weight excluding hydrogens is 204 g/mol. The summed E-state index contributed by atoms with van der Waals surface area (Å²) in [5.74, 6) is 0. The maximum atomic E-state index is 2.38. The lowest BCUT2D eigenvalue weighted by molar-refractivity contribution is 0.665. The van der Waals surface area contributed by atoms with Crippen molar-refractivity contribution in [2.75, 3.05) is 0 Å². The van der Waals surface area contributed by atoms with Gasteiger partial charge in [-0.3, -0.25) is 0 Å². The molecule has 0 radical (unpaired) electrons. The Morgan fingerprint density at radius 2 is 1.88 bits per heavy atom. The molecule has 1 aromatic rings. The van der Waals surface area contributed by atoms with Crippen molar-refractivity contribution in [1.29, 1.82) is 0 Å². The van der Waals surface area contributed by atoms with E-state index < -0.39 is 0 Å². The van der Waals surface area contributed by atoms with Crippen LogP contribution in [0.2, 0.25) is 0 Å². The molecule has 17 heavy (non-hydrogen) atoms. The Morgan fingerprint density at radius 3 is 2.65 bits per heavy atom. The first-order valence-corrected chi connectivity index (χ1v) is 7.01. The summed E-state index contributed by atoms with van der Waals surface area (Å²) in [5.41, 5.74) is 7.67. The lowest BCUT2D eigenvalue weighted by Crippen LogP contribution is -1.96. The molecule has 0 aromatic heterocycles. The van der Waals surface area contributed by atoms with Gasteiger partial charge in [-0.05, 0) is 55.4 Å². The third-order valence-corrected chi connectivity index (χ3v) is 3.82. The zero-order valence-electron chi connectivity index (χ0n) is 11.5. The molecule has 0 aliphatic heterocycles. The van der Waals surface area contributed by atoms with Gasteiger partial charge in [-0.15, -0.1) is 0 Å². The third-order valence-electron chi connectivity index (χ3n) is 3.82. The predicted octanol–water partition coefficient (Wildman–Crippen LogP) is 5.08. The van der Waals surface area contributed by atoms with Gasteiger partial charge in [0.25, 0.3) is 0 Å². The zero-order valence-corrected chi connectivity index (χ0v) is 11.5. The number of fused-ring (bicyclic) bond motifs is 1. The molecule has 0 heteroatoms. The summed E-state index contributed by atoms with van der Waals surface area (Å²) < 4.78 is 0. The van der Waals surface area contributed by atoms with E-state index in [1.165, 1.54) is 55.2 Å². The van der Waals surface area contributed by atoms with Crippen LogP contribution < -0.4 is 0 Å². The van der Waals surface area contributed by atoms with Crippen molar-refractivity contribution < 1.29 is 0 Å². The Morgan fingerprint density at radius 1 is 1.06 bits per heavy atom. The van der Waals surface area contributed by atoms with Crippen LogP contribution in [0.1, 0.15) is 61.8 Å². The van der Waals surface area contributed by atoms with Crippen LogP contribution in [-0.2, 0) is 12.8 Å². The predicted molar refractivity (Wildman–Crippen MR) is 76.4 cm³/mol. The molecule has 0 unspecified atom stereocenters. The second kappa shape index (κ2) is 5.53. The van der Waals surface area contributed by atoms with Crippen molar-refractivity contribution in [2.24, 2.45) is 0 Å². The average molecular weight is 228 g/mol. The minimum absolute atomic E-state index is 1.18. The average Bonchev–Trinajstić information content (AvgIpc) is 2.70. The van der Waals surface area contributed by atoms with Gasteiger partial charge >= 0.3 is 0 Å². The fourth-order valence-corrected chi connectivity index (χ4v) is 2.79. The van der Waals surface area contributed by atoms with Crippen LogP contribution in [0.3, 0.4) is 0 Å². The van der Waals surface area contributed by atoms with Crippen LogP contribution in [0.15, 0.2) is 17.7 Å². The van der Waals surface area contributed by atoms with E-state index in [-0.39, 0.29) is 0 Å². The van der Waals surface area contributed by atoms with Crippen LogP contribution in [0.25, 0.3) is 6.08 Å². The summed E-state index contributed by atoms with van der Waals surface area (Å²) in [6.45, 7) is 6.76. The topological polar surface area (TPSA) is 0 Å². The monoisotopic (exact) mass is 228 g/mol. The lowest BCUT2D eigenvalue weighted by atomic mass is 9.94. The fourth-order valence-electron chi connectivity index (χ4n) is 2.79. The van der Waals surface area contributed by atoms with Gasteiger partial charge in [0.05, 0.1) is 0 Å². The lowest BCUT2D eigenvalue weighted by Gasteiger charge is -2.10. The maximum Gasteiger partial charge on any atom is -0.00578 e. The first kappa shape index (κ1) is 12.4. The molecule has 0 saturated heterocycles. The molecule has 0 atom stereocenters. The summed E-state index contributed by atoms with van der Waals surface area (Å²) in [6.07, 6.45) is 10.3. The molecule has 1 aliphatic rings. The quantitative estimate of drug-likeness (QED) is 0.617. The Balaban J connectivity index is 2.08. The summed E-state index contributed by atoms with van der Waals surface area (Å²) in [6, 6.07) is 4.65. The molecule has 0 N–H and O–H groups in total. The molecule has 0 heterocycles. The summed E-state index contributed by atoms with van der Waals surface area (Å²) in [4.78, 5) is 0. The SMILES string of the molecule is CCCCCCc1ccc(C)c2c1CC(C)=C2. The van der Waals surface area contributed by atoms with Gasteiger partial charge in [-0.25, -0.2) is 0 Å². The summed E-state index contributed by atoms with van der Waals surface area (Å²) in [5, 5.41) is 0. The summed E-state index contributed by atoms with van der Waals surface area (Å²) in [7, 11) is 0. The Hall–Kier alpha value is -1.04. The minimum atomic E-state index is 1.18. The van der Waals surface area contributed by atoms with Gasteiger partial charge in [0.1, 0.15) is 0 Å². The van der Waals surface area contributed by atoms with E-state index in [9.17, 15) is 0 Å². The van der Waals surface area contributed by atoms with E-state index in [0.717, 1.165) is 0 Å². The smallest absolute Gasteiger partial charge is 0.00578 e. The molecule has 2 rings (SSSR count). The number of benzene rings is 1. The van der Waals surface area contributed by atoms with Crippen LogP contribution in [0.4, 0.5) is 0 Å². The largest absolute Gasteiger partial charge is 0.0683 e. The number of hydrogen-bond donors (Lipinski definition) is 0. The number of allylic oxidation sites excluding steroid dienone is 1. The van der Waals surface area contributed by atoms with E-state index >= 15 is 0 Å². The molecule has 0 spiro atoms. The Bertz CT molecular complexity index is 424. The second-order valence-electron chi connectivity index (χ2n) is 5.41. The van der Waals surface area contributed by atoms with Crippen LogP contribution in [-0.4, -0.2) is 0 Å². The highest BCUT2D eigenvalue weighted by atomic mass is 14.2. The number of hydrogen-bond acceptors (Lipinski definition) is 0. The first-order valence-electron chi connectivity index (χ1n) is 7.01. The van der Waals surface area contributed by atoms with E-state index in [0.29, 0.717) is 0 Å². The highest BCUT2D eigenvalue weighted by Crippen LogP contribution is 2.31. The molecule has 0 nitrogen and oxygen atoms in total. The van der Waals surface area contributed by atoms with E-state index in [2.05, 4.69) is 39.0 Å². The zero-order chi connectivity index (χ0) is 12.3. The highest BCUT2D eigenvalue weighted by Gasteiger charge is 2.15. The summed E-state index contributed by atoms with van der Waals surface area (Å²) >= 11 is 0. The van der Waals surface area contributed by atoms with Crippen LogP contribution >= 0.6 is 0 Å². The van der Waals surface area contributed by atoms with Gasteiger partial charge in [-0.1, -0.05) is 50.0 Å². The van der Waals surface area contributed by atoms with Crippen LogP contribution in [0, 0.1) is 6.92 Å². The van der Waals surface area contributed by atoms with Crippen molar-refractivity contribution in [3.05, 3.63) is 40.0 Å². The number of unbranched alkanes of at least 4 members (excludes halogenated alkanes) is 3. The minimum Gasteiger partial charge on any atom is -0.0683 e. The molecule has 0 amide bonds. The molecular formula is C17H24. The van der Waals surface area contributed by atoms with E-state index in [1.54, 1.807) is 11.1 Å². The van der Waals surface area contributed by atoms with Gasteiger partial charge in [0, 0.05) is 0 Å². The van der Waals surface area contributed by atoms with Crippen molar-refractivity contribution in [3.8, 4) is 0 Å². The molecule has 0 saturated carbocycles. The normalized spacial score (nSPS) is 13.7. The van der Waals surface area contributed by atoms with Gasteiger partial charge in [0.15, 0.2) is 0 Å². The van der Waals surface area contributed by atoms with Gasteiger partial charge < -0.3 is 0 Å². The van der Waals surface area contributed by atoms with E-state index in [1.807, 2.05) is 0 Å².